The lowest BCUT2D eigenvalue weighted by Crippen LogP contribution is -2.29. The Morgan fingerprint density at radius 3 is 2.40 bits per heavy atom. The third-order valence-electron chi connectivity index (χ3n) is 6.91. The van der Waals surface area contributed by atoms with Crippen molar-refractivity contribution in [3.05, 3.63) is 107 Å². The number of aryl methyl sites for hydroxylation is 1. The first-order valence-corrected chi connectivity index (χ1v) is 16.2. The average Bonchev–Trinajstić information content (AvgIpc) is 3.62. The molecule has 1 unspecified atom stereocenters. The lowest BCUT2D eigenvalue weighted by atomic mass is 9.95. The number of thioether (sulfide) groups is 1. The zero-order chi connectivity index (χ0) is 31.9. The van der Waals surface area contributed by atoms with E-state index < -0.39 is 17.7 Å². The molecule has 3 aromatic carbocycles. The summed E-state index contributed by atoms with van der Waals surface area (Å²) in [6.45, 7) is 10.6. The topological polar surface area (TPSA) is 111 Å². The largest absolute Gasteiger partial charge is 0.507 e. The summed E-state index contributed by atoms with van der Waals surface area (Å²) in [5.74, 6) is 0.229. The molecule has 1 aliphatic heterocycles. The van der Waals surface area contributed by atoms with E-state index in [0.717, 1.165) is 5.56 Å². The fourth-order valence-electron chi connectivity index (χ4n) is 4.79. The van der Waals surface area contributed by atoms with Gasteiger partial charge in [-0.15, -0.1) is 10.2 Å². The summed E-state index contributed by atoms with van der Waals surface area (Å²) in [5.41, 5.74) is 3.12. The van der Waals surface area contributed by atoms with E-state index >= 15 is 0 Å². The highest BCUT2D eigenvalue weighted by Crippen LogP contribution is 2.45. The summed E-state index contributed by atoms with van der Waals surface area (Å²) < 4.78 is 17.8. The monoisotopic (exact) mass is 643 g/mol. The summed E-state index contributed by atoms with van der Waals surface area (Å²) in [6, 6.07) is 19.1. The Morgan fingerprint density at radius 2 is 1.71 bits per heavy atom. The number of ketones is 1. The number of anilines is 1. The molecule has 1 aliphatic rings. The molecule has 1 N–H and O–H groups in total. The van der Waals surface area contributed by atoms with Crippen LogP contribution in [0.5, 0.6) is 17.2 Å². The molecule has 0 saturated carbocycles. The van der Waals surface area contributed by atoms with E-state index in [-0.39, 0.29) is 23.1 Å². The second kappa shape index (κ2) is 14.4. The number of aliphatic hydroxyl groups excluding tert-OH is 1. The summed E-state index contributed by atoms with van der Waals surface area (Å²) >= 11 is 2.70. The fraction of sp³-hybridized carbons (Fsp3) is 0.235. The van der Waals surface area contributed by atoms with Gasteiger partial charge in [0.1, 0.15) is 18.1 Å². The van der Waals surface area contributed by atoms with Crippen LogP contribution in [0.15, 0.2) is 89.3 Å². The molecule has 0 aliphatic carbocycles. The lowest BCUT2D eigenvalue weighted by molar-refractivity contribution is -0.132. The van der Waals surface area contributed by atoms with E-state index in [1.165, 1.54) is 33.6 Å². The Balaban J connectivity index is 1.57. The molecular weight excluding hydrogens is 611 g/mol. The van der Waals surface area contributed by atoms with Crippen molar-refractivity contribution in [1.29, 1.82) is 0 Å². The van der Waals surface area contributed by atoms with Crippen molar-refractivity contribution in [3.8, 4) is 17.2 Å². The molecule has 11 heteroatoms. The van der Waals surface area contributed by atoms with E-state index in [1.807, 2.05) is 20.8 Å². The van der Waals surface area contributed by atoms with Gasteiger partial charge in [-0.1, -0.05) is 71.6 Å². The summed E-state index contributed by atoms with van der Waals surface area (Å²) in [5, 5.41) is 20.4. The van der Waals surface area contributed by atoms with Crippen LogP contribution in [0.25, 0.3) is 5.76 Å². The molecule has 1 saturated heterocycles. The molecule has 0 bridgehead atoms. The third-order valence-corrected chi connectivity index (χ3v) is 9.04. The highest BCUT2D eigenvalue weighted by molar-refractivity contribution is 8.00. The number of hydrogen-bond donors (Lipinski definition) is 1. The molecule has 0 radical (unpaired) electrons. The Labute approximate surface area is 270 Å². The van der Waals surface area contributed by atoms with Crippen LogP contribution in [0, 0.1) is 6.92 Å². The number of aliphatic hydroxyl groups is 1. The normalized spacial score (nSPS) is 15.7. The summed E-state index contributed by atoms with van der Waals surface area (Å²) in [6.07, 6.45) is 1.62. The third kappa shape index (κ3) is 7.05. The molecule has 1 fully saturated rings. The lowest BCUT2D eigenvalue weighted by Gasteiger charge is -2.23. The first kappa shape index (κ1) is 31.8. The second-order valence-corrected chi connectivity index (χ2v) is 12.2. The first-order valence-electron chi connectivity index (χ1n) is 14.4. The molecule has 1 amide bonds. The number of nitrogens with zero attached hydrogens (tertiary/aromatic N) is 3. The van der Waals surface area contributed by atoms with Gasteiger partial charge >= 0.3 is 5.91 Å². The van der Waals surface area contributed by atoms with Crippen LogP contribution in [-0.4, -0.2) is 46.8 Å². The SMILES string of the molecule is C=CCOc1ccc(C2/C(=C(\O)c3ccc(OCC)cc3)C(=O)C(=O)N2c2nnc(SCc3ccc(C)cc3)s2)cc1OCC. The van der Waals surface area contributed by atoms with Crippen molar-refractivity contribution < 1.29 is 28.9 Å². The molecular formula is C34H33N3O6S2. The number of amides is 1. The van der Waals surface area contributed by atoms with Crippen LogP contribution in [0.1, 0.15) is 42.1 Å². The zero-order valence-corrected chi connectivity index (χ0v) is 26.8. The summed E-state index contributed by atoms with van der Waals surface area (Å²) in [4.78, 5) is 28.7. The molecule has 232 valence electrons. The smallest absolute Gasteiger partial charge is 0.301 e. The number of carbonyl (C=O) groups excluding carboxylic acids is 2. The van der Waals surface area contributed by atoms with Crippen LogP contribution in [0.2, 0.25) is 0 Å². The molecule has 2 heterocycles. The van der Waals surface area contributed by atoms with E-state index in [1.54, 1.807) is 48.5 Å². The predicted octanol–water partition coefficient (Wildman–Crippen LogP) is 7.13. The molecule has 45 heavy (non-hydrogen) atoms. The van der Waals surface area contributed by atoms with E-state index in [0.29, 0.717) is 51.7 Å². The fourth-order valence-corrected chi connectivity index (χ4v) is 6.62. The second-order valence-electron chi connectivity index (χ2n) is 9.99. The molecule has 1 atom stereocenters. The van der Waals surface area contributed by atoms with E-state index in [9.17, 15) is 14.7 Å². The number of aromatic nitrogens is 2. The minimum absolute atomic E-state index is 0.0737. The van der Waals surface area contributed by atoms with Gasteiger partial charge in [0.15, 0.2) is 15.8 Å². The van der Waals surface area contributed by atoms with Gasteiger partial charge in [-0.3, -0.25) is 14.5 Å². The zero-order valence-electron chi connectivity index (χ0n) is 25.2. The first-order chi connectivity index (χ1) is 21.8. The van der Waals surface area contributed by atoms with Gasteiger partial charge < -0.3 is 19.3 Å². The number of ether oxygens (including phenoxy) is 3. The van der Waals surface area contributed by atoms with Crippen molar-refractivity contribution in [2.24, 2.45) is 0 Å². The number of Topliss-reactive ketones (excluding diaryl/α,β-unsaturated/α-hetero) is 1. The van der Waals surface area contributed by atoms with Crippen molar-refractivity contribution in [3.63, 3.8) is 0 Å². The van der Waals surface area contributed by atoms with Crippen molar-refractivity contribution in [1.82, 2.24) is 10.2 Å². The number of hydrogen-bond acceptors (Lipinski definition) is 10. The van der Waals surface area contributed by atoms with Crippen LogP contribution in [-0.2, 0) is 15.3 Å². The number of benzene rings is 3. The van der Waals surface area contributed by atoms with Crippen LogP contribution >= 0.6 is 23.1 Å². The standard InChI is InChI=1S/C34H33N3O6S2/c1-5-18-43-26-17-14-24(19-27(26)42-7-3)29-28(30(38)23-12-15-25(16-13-23)41-6-2)31(39)32(40)37(29)33-35-36-34(45-33)44-20-22-10-8-21(4)9-11-22/h5,8-17,19,29,38H,1,6-7,18,20H2,2-4H3/b30-28+. The molecule has 9 nitrogen and oxygen atoms in total. The Bertz CT molecular complexity index is 1720. The van der Waals surface area contributed by atoms with Crippen molar-refractivity contribution >= 4 is 45.7 Å². The molecule has 5 rings (SSSR count). The molecule has 1 aromatic heterocycles. The van der Waals surface area contributed by atoms with Gasteiger partial charge in [0, 0.05) is 11.3 Å². The number of carbonyl (C=O) groups is 2. The average molecular weight is 644 g/mol. The molecule has 0 spiro atoms. The van der Waals surface area contributed by atoms with Crippen LogP contribution in [0.4, 0.5) is 5.13 Å². The minimum atomic E-state index is -1.01. The predicted molar refractivity (Wildman–Crippen MR) is 176 cm³/mol. The Morgan fingerprint density at radius 1 is 0.978 bits per heavy atom. The maximum atomic E-state index is 13.7. The highest BCUT2D eigenvalue weighted by Gasteiger charge is 2.48. The highest BCUT2D eigenvalue weighted by atomic mass is 32.2. The molecule has 4 aromatic rings. The van der Waals surface area contributed by atoms with Crippen molar-refractivity contribution in [2.75, 3.05) is 24.7 Å². The van der Waals surface area contributed by atoms with Crippen LogP contribution in [0.3, 0.4) is 0 Å². The summed E-state index contributed by atoms with van der Waals surface area (Å²) in [7, 11) is 0. The van der Waals surface area contributed by atoms with Crippen molar-refractivity contribution in [2.45, 2.75) is 36.9 Å². The quantitative estimate of drug-likeness (QED) is 0.0406. The Hall–Kier alpha value is -4.61. The maximum Gasteiger partial charge on any atom is 0.301 e. The van der Waals surface area contributed by atoms with Gasteiger partial charge in [0.25, 0.3) is 5.78 Å². The van der Waals surface area contributed by atoms with Crippen LogP contribution < -0.4 is 19.1 Å². The minimum Gasteiger partial charge on any atom is -0.507 e. The van der Waals surface area contributed by atoms with Gasteiger partial charge in [0.2, 0.25) is 5.13 Å². The Kier molecular flexibility index (Phi) is 10.2. The van der Waals surface area contributed by atoms with E-state index in [2.05, 4.69) is 41.0 Å². The maximum absolute atomic E-state index is 13.7. The van der Waals surface area contributed by atoms with E-state index in [4.69, 9.17) is 14.2 Å². The van der Waals surface area contributed by atoms with Gasteiger partial charge in [0.05, 0.1) is 24.8 Å². The number of rotatable bonds is 13. The van der Waals surface area contributed by atoms with Gasteiger partial charge in [-0.2, -0.15) is 0 Å². The van der Waals surface area contributed by atoms with Gasteiger partial charge in [-0.05, 0) is 68.3 Å². The van der Waals surface area contributed by atoms with Gasteiger partial charge in [-0.25, -0.2) is 0 Å².